The Morgan fingerprint density at radius 1 is 0.692 bits per heavy atom. The minimum atomic E-state index is 1.11. The molecule has 5 rings (SSSR count). The van der Waals surface area contributed by atoms with Gasteiger partial charge in [-0.15, -0.1) is 0 Å². The molecule has 2 heteroatoms. The average Bonchev–Trinajstić information content (AvgIpc) is 3.03. The molecule has 0 fully saturated rings. The maximum atomic E-state index is 3.51. The van der Waals surface area contributed by atoms with Crippen LogP contribution in [0.4, 0.5) is 0 Å². The Kier molecular flexibility index (Phi) is 3.94. The highest BCUT2D eigenvalue weighted by Gasteiger charge is 2.20. The first-order chi connectivity index (χ1) is 12.8. The molecule has 1 nitrogen and oxygen atoms in total. The van der Waals surface area contributed by atoms with Crippen LogP contribution in [0.15, 0.2) is 77.3 Å². The highest BCUT2D eigenvalue weighted by Crippen LogP contribution is 2.35. The SMILES string of the molecule is Brc1ccc(-c2ccc(-n3c4c(c5ccccc53)CCCC4)cc2)cc1. The summed E-state index contributed by atoms with van der Waals surface area (Å²) in [6, 6.07) is 26.4. The van der Waals surface area contributed by atoms with Crippen molar-refractivity contribution in [2.24, 2.45) is 0 Å². The first-order valence-corrected chi connectivity index (χ1v) is 10.1. The Hall–Kier alpha value is -2.32. The molecule has 0 spiro atoms. The molecule has 0 atom stereocenters. The van der Waals surface area contributed by atoms with Gasteiger partial charge in [0.25, 0.3) is 0 Å². The molecule has 0 radical (unpaired) electrons. The van der Waals surface area contributed by atoms with Crippen molar-refractivity contribution in [3.05, 3.63) is 88.5 Å². The van der Waals surface area contributed by atoms with E-state index in [4.69, 9.17) is 0 Å². The average molecular weight is 402 g/mol. The summed E-state index contributed by atoms with van der Waals surface area (Å²) >= 11 is 3.51. The second-order valence-corrected chi connectivity index (χ2v) is 7.95. The number of aromatic nitrogens is 1. The normalized spacial score (nSPS) is 13.7. The van der Waals surface area contributed by atoms with Crippen LogP contribution in [0.2, 0.25) is 0 Å². The zero-order valence-electron chi connectivity index (χ0n) is 14.6. The summed E-state index contributed by atoms with van der Waals surface area (Å²) in [6.45, 7) is 0. The summed E-state index contributed by atoms with van der Waals surface area (Å²) in [5, 5.41) is 1.43. The number of para-hydroxylation sites is 1. The van der Waals surface area contributed by atoms with Crippen LogP contribution in [-0.2, 0) is 12.8 Å². The van der Waals surface area contributed by atoms with Gasteiger partial charge in [-0.3, -0.25) is 0 Å². The summed E-state index contributed by atoms with van der Waals surface area (Å²) in [6.07, 6.45) is 4.99. The van der Waals surface area contributed by atoms with E-state index in [0.29, 0.717) is 0 Å². The van der Waals surface area contributed by atoms with Crippen LogP contribution >= 0.6 is 15.9 Å². The first-order valence-electron chi connectivity index (χ1n) is 9.29. The monoisotopic (exact) mass is 401 g/mol. The fourth-order valence-corrected chi connectivity index (χ4v) is 4.50. The van der Waals surface area contributed by atoms with Gasteiger partial charge < -0.3 is 4.57 Å². The van der Waals surface area contributed by atoms with Gasteiger partial charge in [0.2, 0.25) is 0 Å². The fraction of sp³-hybridized carbons (Fsp3) is 0.167. The van der Waals surface area contributed by atoms with Gasteiger partial charge >= 0.3 is 0 Å². The third kappa shape index (κ3) is 2.60. The van der Waals surface area contributed by atoms with E-state index in [1.54, 1.807) is 5.56 Å². The lowest BCUT2D eigenvalue weighted by Gasteiger charge is -2.16. The molecule has 0 saturated carbocycles. The maximum Gasteiger partial charge on any atom is 0.0534 e. The molecule has 0 aliphatic heterocycles. The summed E-state index contributed by atoms with van der Waals surface area (Å²) in [5.74, 6) is 0. The summed E-state index contributed by atoms with van der Waals surface area (Å²) in [5.41, 5.74) is 8.18. The van der Waals surface area contributed by atoms with E-state index in [9.17, 15) is 0 Å². The van der Waals surface area contributed by atoms with Crippen molar-refractivity contribution < 1.29 is 0 Å². The minimum Gasteiger partial charge on any atom is -0.313 e. The van der Waals surface area contributed by atoms with E-state index < -0.39 is 0 Å². The van der Waals surface area contributed by atoms with Crippen LogP contribution in [0.25, 0.3) is 27.7 Å². The number of benzene rings is 3. The minimum absolute atomic E-state index is 1.11. The number of rotatable bonds is 2. The molecule has 0 N–H and O–H groups in total. The van der Waals surface area contributed by atoms with Crippen LogP contribution in [0, 0.1) is 0 Å². The van der Waals surface area contributed by atoms with Crippen molar-refractivity contribution in [3.8, 4) is 16.8 Å². The van der Waals surface area contributed by atoms with Crippen LogP contribution in [0.5, 0.6) is 0 Å². The Bertz CT molecular complexity index is 1070. The zero-order valence-corrected chi connectivity index (χ0v) is 16.2. The first kappa shape index (κ1) is 15.9. The van der Waals surface area contributed by atoms with E-state index in [0.717, 1.165) is 4.47 Å². The summed E-state index contributed by atoms with van der Waals surface area (Å²) in [4.78, 5) is 0. The van der Waals surface area contributed by atoms with Crippen molar-refractivity contribution >= 4 is 26.8 Å². The Labute approximate surface area is 162 Å². The van der Waals surface area contributed by atoms with Crippen molar-refractivity contribution in [1.29, 1.82) is 0 Å². The van der Waals surface area contributed by atoms with Gasteiger partial charge in [0.15, 0.2) is 0 Å². The smallest absolute Gasteiger partial charge is 0.0534 e. The van der Waals surface area contributed by atoms with E-state index >= 15 is 0 Å². The van der Waals surface area contributed by atoms with Crippen LogP contribution in [0.1, 0.15) is 24.1 Å². The highest BCUT2D eigenvalue weighted by atomic mass is 79.9. The molecule has 4 aromatic rings. The second-order valence-electron chi connectivity index (χ2n) is 7.04. The van der Waals surface area contributed by atoms with Gasteiger partial charge in [-0.2, -0.15) is 0 Å². The van der Waals surface area contributed by atoms with E-state index in [1.165, 1.54) is 59.1 Å². The van der Waals surface area contributed by atoms with Gasteiger partial charge in [0.1, 0.15) is 0 Å². The predicted molar refractivity (Wildman–Crippen MR) is 113 cm³/mol. The Morgan fingerprint density at radius 2 is 1.35 bits per heavy atom. The molecular weight excluding hydrogens is 382 g/mol. The van der Waals surface area contributed by atoms with Crippen LogP contribution < -0.4 is 0 Å². The molecule has 0 unspecified atom stereocenters. The molecule has 1 aromatic heterocycles. The van der Waals surface area contributed by atoms with Gasteiger partial charge in [-0.1, -0.05) is 58.4 Å². The topological polar surface area (TPSA) is 4.93 Å². The number of hydrogen-bond donors (Lipinski definition) is 0. The fourth-order valence-electron chi connectivity index (χ4n) is 4.24. The molecule has 128 valence electrons. The lowest BCUT2D eigenvalue weighted by Crippen LogP contribution is -2.06. The van der Waals surface area contributed by atoms with E-state index in [-0.39, 0.29) is 0 Å². The number of fused-ring (bicyclic) bond motifs is 3. The molecule has 1 aliphatic carbocycles. The standard InChI is InChI=1S/C24H20BrN/c25-19-13-9-17(10-14-19)18-11-15-20(16-12-18)26-23-7-3-1-5-21(23)22-6-2-4-8-24(22)26/h1,3,5,7,9-16H,2,4,6,8H2. The second kappa shape index (κ2) is 6.44. The summed E-state index contributed by atoms with van der Waals surface area (Å²) in [7, 11) is 0. The van der Waals surface area contributed by atoms with Crippen LogP contribution in [0.3, 0.4) is 0 Å². The lowest BCUT2D eigenvalue weighted by molar-refractivity contribution is 0.667. The van der Waals surface area contributed by atoms with Crippen molar-refractivity contribution in [2.75, 3.05) is 0 Å². The molecule has 0 bridgehead atoms. The molecule has 1 heterocycles. The molecule has 0 amide bonds. The third-order valence-corrected chi connectivity index (χ3v) is 6.01. The Balaban J connectivity index is 1.63. The zero-order chi connectivity index (χ0) is 17.5. The number of aryl methyl sites for hydroxylation is 1. The summed E-state index contributed by atoms with van der Waals surface area (Å²) < 4.78 is 3.60. The molecular formula is C24H20BrN. The number of hydrogen-bond acceptors (Lipinski definition) is 0. The van der Waals surface area contributed by atoms with E-state index in [2.05, 4.69) is 93.3 Å². The largest absolute Gasteiger partial charge is 0.313 e. The van der Waals surface area contributed by atoms with Gasteiger partial charge in [-0.05, 0) is 72.7 Å². The quantitative estimate of drug-likeness (QED) is 0.342. The number of halogens is 1. The molecule has 1 aliphatic rings. The van der Waals surface area contributed by atoms with Crippen molar-refractivity contribution in [2.45, 2.75) is 25.7 Å². The van der Waals surface area contributed by atoms with Crippen molar-refractivity contribution in [3.63, 3.8) is 0 Å². The van der Waals surface area contributed by atoms with E-state index in [1.807, 2.05) is 0 Å². The number of nitrogens with zero attached hydrogens (tertiary/aromatic N) is 1. The maximum absolute atomic E-state index is 3.51. The van der Waals surface area contributed by atoms with Gasteiger partial charge in [0.05, 0.1) is 5.52 Å². The van der Waals surface area contributed by atoms with Crippen LogP contribution in [-0.4, -0.2) is 4.57 Å². The Morgan fingerprint density at radius 3 is 2.12 bits per heavy atom. The predicted octanol–water partition coefficient (Wildman–Crippen LogP) is 6.94. The molecule has 3 aromatic carbocycles. The van der Waals surface area contributed by atoms with Gasteiger partial charge in [-0.25, -0.2) is 0 Å². The van der Waals surface area contributed by atoms with Gasteiger partial charge in [0, 0.05) is 21.2 Å². The molecule has 26 heavy (non-hydrogen) atoms. The van der Waals surface area contributed by atoms with Crippen molar-refractivity contribution in [1.82, 2.24) is 4.57 Å². The molecule has 0 saturated heterocycles. The highest BCUT2D eigenvalue weighted by molar-refractivity contribution is 9.10. The lowest BCUT2D eigenvalue weighted by atomic mass is 9.95. The third-order valence-electron chi connectivity index (χ3n) is 5.48.